The second-order valence-electron chi connectivity index (χ2n) is 5.43. The lowest BCUT2D eigenvalue weighted by Gasteiger charge is -2.34. The van der Waals surface area contributed by atoms with Gasteiger partial charge in [-0.1, -0.05) is 25.6 Å². The molecular weight excluding hydrogens is 258 g/mol. The van der Waals surface area contributed by atoms with Crippen molar-refractivity contribution in [3.63, 3.8) is 0 Å². The van der Waals surface area contributed by atoms with E-state index in [2.05, 4.69) is 29.1 Å². The number of aromatic nitrogens is 2. The number of aromatic amines is 1. The fraction of sp³-hybridized carbons (Fsp3) is 0.714. The van der Waals surface area contributed by atoms with E-state index in [1.165, 1.54) is 25.3 Å². The van der Waals surface area contributed by atoms with E-state index in [0.29, 0.717) is 11.3 Å². The first-order chi connectivity index (χ1) is 9.08. The van der Waals surface area contributed by atoms with Gasteiger partial charge in [-0.25, -0.2) is 4.98 Å². The summed E-state index contributed by atoms with van der Waals surface area (Å²) in [4.78, 5) is 18.8. The molecule has 0 bridgehead atoms. The van der Waals surface area contributed by atoms with E-state index in [-0.39, 0.29) is 5.56 Å². The quantitative estimate of drug-likeness (QED) is 0.832. The summed E-state index contributed by atoms with van der Waals surface area (Å²) in [6.45, 7) is 7.31. The molecule has 3 atom stereocenters. The normalized spacial score (nSPS) is 27.4. The van der Waals surface area contributed by atoms with Crippen molar-refractivity contribution in [2.24, 2.45) is 5.92 Å². The highest BCUT2D eigenvalue weighted by Gasteiger charge is 2.29. The first-order valence-corrected chi connectivity index (χ1v) is 7.94. The number of thioether (sulfide) groups is 1. The van der Waals surface area contributed by atoms with E-state index < -0.39 is 0 Å². The summed E-state index contributed by atoms with van der Waals surface area (Å²) in [5.74, 6) is 0.754. The predicted molar refractivity (Wildman–Crippen MR) is 79.7 cm³/mol. The maximum absolute atomic E-state index is 11.5. The first kappa shape index (κ1) is 14.6. The van der Waals surface area contributed by atoms with Crippen LogP contribution >= 0.6 is 11.8 Å². The van der Waals surface area contributed by atoms with E-state index in [9.17, 15) is 4.79 Å². The summed E-state index contributed by atoms with van der Waals surface area (Å²) in [6, 6.07) is 2.06. The van der Waals surface area contributed by atoms with Gasteiger partial charge in [0.05, 0.1) is 0 Å². The zero-order chi connectivity index (χ0) is 13.8. The van der Waals surface area contributed by atoms with Crippen LogP contribution < -0.4 is 10.9 Å². The van der Waals surface area contributed by atoms with E-state index in [0.717, 1.165) is 23.3 Å². The molecule has 3 unspecified atom stereocenters. The van der Waals surface area contributed by atoms with Gasteiger partial charge < -0.3 is 10.3 Å². The number of rotatable bonds is 4. The highest BCUT2D eigenvalue weighted by atomic mass is 32.2. The van der Waals surface area contributed by atoms with Gasteiger partial charge >= 0.3 is 0 Å². The molecule has 1 saturated carbocycles. The van der Waals surface area contributed by atoms with Crippen LogP contribution in [0.3, 0.4) is 0 Å². The van der Waals surface area contributed by atoms with Gasteiger partial charge in [-0.05, 0) is 38.6 Å². The summed E-state index contributed by atoms with van der Waals surface area (Å²) in [5, 5.41) is 4.81. The highest BCUT2D eigenvalue weighted by Crippen LogP contribution is 2.34. The van der Waals surface area contributed by atoms with Gasteiger partial charge in [-0.3, -0.25) is 4.79 Å². The minimum Gasteiger partial charge on any atom is -0.313 e. The smallest absolute Gasteiger partial charge is 0.251 e. The molecule has 0 spiro atoms. The summed E-state index contributed by atoms with van der Waals surface area (Å²) in [6.07, 6.45) is 3.68. The molecule has 1 aromatic rings. The Labute approximate surface area is 118 Å². The van der Waals surface area contributed by atoms with E-state index >= 15 is 0 Å². The van der Waals surface area contributed by atoms with Crippen molar-refractivity contribution < 1.29 is 0 Å². The average Bonchev–Trinajstić information content (AvgIpc) is 2.31. The molecule has 19 heavy (non-hydrogen) atoms. The zero-order valence-corrected chi connectivity index (χ0v) is 12.7. The van der Waals surface area contributed by atoms with Crippen LogP contribution in [0.2, 0.25) is 0 Å². The maximum Gasteiger partial charge on any atom is 0.251 e. The first-order valence-electron chi connectivity index (χ1n) is 7.06. The van der Waals surface area contributed by atoms with Gasteiger partial charge in [0.1, 0.15) is 0 Å². The van der Waals surface area contributed by atoms with Crippen molar-refractivity contribution in [3.05, 3.63) is 22.1 Å². The fourth-order valence-electron chi connectivity index (χ4n) is 2.71. The van der Waals surface area contributed by atoms with E-state index in [4.69, 9.17) is 0 Å². The Balaban J connectivity index is 2.11. The number of nitrogens with zero attached hydrogens (tertiary/aromatic N) is 1. The van der Waals surface area contributed by atoms with Crippen LogP contribution in [0.4, 0.5) is 0 Å². The van der Waals surface area contributed by atoms with Crippen molar-refractivity contribution in [1.82, 2.24) is 15.3 Å². The highest BCUT2D eigenvalue weighted by molar-refractivity contribution is 7.99. The molecule has 0 saturated heterocycles. The van der Waals surface area contributed by atoms with Gasteiger partial charge in [0.2, 0.25) is 0 Å². The molecule has 4 nitrogen and oxygen atoms in total. The molecule has 2 N–H and O–H groups in total. The molecular formula is C14H23N3OS. The third-order valence-electron chi connectivity index (χ3n) is 3.63. The van der Waals surface area contributed by atoms with Crippen LogP contribution in [0.5, 0.6) is 0 Å². The van der Waals surface area contributed by atoms with Crippen molar-refractivity contribution >= 4 is 11.8 Å². The number of nitrogens with one attached hydrogen (secondary N) is 2. The second-order valence-corrected chi connectivity index (χ2v) is 6.66. The second kappa shape index (κ2) is 6.57. The zero-order valence-electron chi connectivity index (χ0n) is 11.9. The summed E-state index contributed by atoms with van der Waals surface area (Å²) in [7, 11) is 0. The average molecular weight is 281 g/mol. The Hall–Kier alpha value is -0.810. The molecule has 5 heteroatoms. The Morgan fingerprint density at radius 3 is 3.00 bits per heavy atom. The Bertz CT molecular complexity index is 474. The van der Waals surface area contributed by atoms with Crippen LogP contribution in [0.15, 0.2) is 16.0 Å². The standard InChI is InChI=1S/C14H23N3OS/c1-4-15-11-6-5-9(2)7-12(11)19-14-16-10(3)8-13(18)17-14/h8-9,11-12,15H,4-7H2,1-3H3,(H,16,17,18). The van der Waals surface area contributed by atoms with Crippen LogP contribution in [0, 0.1) is 12.8 Å². The van der Waals surface area contributed by atoms with Gasteiger partial charge in [-0.15, -0.1) is 0 Å². The summed E-state index contributed by atoms with van der Waals surface area (Å²) < 4.78 is 0. The van der Waals surface area contributed by atoms with Gasteiger partial charge in [0, 0.05) is 23.1 Å². The Kier molecular flexibility index (Phi) is 5.05. The molecule has 106 valence electrons. The molecule has 1 heterocycles. The lowest BCUT2D eigenvalue weighted by atomic mass is 9.87. The van der Waals surface area contributed by atoms with Crippen LogP contribution in [-0.4, -0.2) is 27.8 Å². The number of hydrogen-bond acceptors (Lipinski definition) is 4. The Morgan fingerprint density at radius 1 is 1.53 bits per heavy atom. The molecule has 0 radical (unpaired) electrons. The van der Waals surface area contributed by atoms with E-state index in [1.807, 2.05) is 6.92 Å². The van der Waals surface area contributed by atoms with Crippen molar-refractivity contribution in [2.75, 3.05) is 6.54 Å². The van der Waals surface area contributed by atoms with Crippen LogP contribution in [-0.2, 0) is 0 Å². The van der Waals surface area contributed by atoms with Crippen molar-refractivity contribution in [1.29, 1.82) is 0 Å². The third kappa shape index (κ3) is 4.08. The largest absolute Gasteiger partial charge is 0.313 e. The molecule has 1 fully saturated rings. The molecule has 0 aromatic carbocycles. The lowest BCUT2D eigenvalue weighted by Crippen LogP contribution is -2.42. The predicted octanol–water partition coefficient (Wildman–Crippen LogP) is 2.34. The molecule has 1 aliphatic rings. The number of H-pyrrole nitrogens is 1. The molecule has 1 aromatic heterocycles. The number of hydrogen-bond donors (Lipinski definition) is 2. The Morgan fingerprint density at radius 2 is 2.32 bits per heavy atom. The third-order valence-corrected chi connectivity index (χ3v) is 4.87. The van der Waals surface area contributed by atoms with Crippen LogP contribution in [0.25, 0.3) is 0 Å². The topological polar surface area (TPSA) is 57.8 Å². The minimum absolute atomic E-state index is 0.0566. The van der Waals surface area contributed by atoms with Gasteiger partial charge in [0.25, 0.3) is 5.56 Å². The van der Waals surface area contributed by atoms with Gasteiger partial charge in [0.15, 0.2) is 5.16 Å². The minimum atomic E-state index is -0.0566. The number of aryl methyl sites for hydroxylation is 1. The summed E-state index contributed by atoms with van der Waals surface area (Å²) >= 11 is 1.72. The van der Waals surface area contributed by atoms with Gasteiger partial charge in [-0.2, -0.15) is 0 Å². The van der Waals surface area contributed by atoms with Crippen LogP contribution in [0.1, 0.15) is 38.8 Å². The lowest BCUT2D eigenvalue weighted by molar-refractivity contribution is 0.320. The van der Waals surface area contributed by atoms with Crippen molar-refractivity contribution in [3.8, 4) is 0 Å². The SMILES string of the molecule is CCNC1CCC(C)CC1Sc1nc(C)cc(=O)[nH]1. The van der Waals surface area contributed by atoms with Crippen molar-refractivity contribution in [2.45, 2.75) is 56.5 Å². The molecule has 0 aliphatic heterocycles. The van der Waals surface area contributed by atoms with E-state index in [1.54, 1.807) is 11.8 Å². The summed E-state index contributed by atoms with van der Waals surface area (Å²) in [5.41, 5.74) is 0.731. The molecule has 1 aliphatic carbocycles. The molecule has 2 rings (SSSR count). The maximum atomic E-state index is 11.5. The fourth-order valence-corrected chi connectivity index (χ4v) is 4.17. The molecule has 0 amide bonds. The monoisotopic (exact) mass is 281 g/mol.